The van der Waals surface area contributed by atoms with E-state index in [4.69, 9.17) is 28.5 Å². The SMILES string of the molecule is CC(C#N)CN(C)C(=O)c1cccc(Cl)c1Cl. The maximum Gasteiger partial charge on any atom is 0.255 e. The summed E-state index contributed by atoms with van der Waals surface area (Å²) in [6.45, 7) is 2.11. The smallest absolute Gasteiger partial charge is 0.255 e. The summed E-state index contributed by atoms with van der Waals surface area (Å²) in [6.07, 6.45) is 0. The van der Waals surface area contributed by atoms with Crippen LogP contribution in [0.5, 0.6) is 0 Å². The zero-order chi connectivity index (χ0) is 13.0. The van der Waals surface area contributed by atoms with Gasteiger partial charge in [-0.15, -0.1) is 0 Å². The number of halogens is 2. The van der Waals surface area contributed by atoms with E-state index in [1.165, 1.54) is 4.90 Å². The predicted molar refractivity (Wildman–Crippen MR) is 68.2 cm³/mol. The first-order chi connectivity index (χ1) is 7.97. The number of benzene rings is 1. The van der Waals surface area contributed by atoms with Crippen LogP contribution in [0.4, 0.5) is 0 Å². The number of amides is 1. The third kappa shape index (κ3) is 3.36. The quantitative estimate of drug-likeness (QED) is 0.847. The average molecular weight is 271 g/mol. The molecule has 5 heteroatoms. The molecule has 17 heavy (non-hydrogen) atoms. The first-order valence-corrected chi connectivity index (χ1v) is 5.82. The lowest BCUT2D eigenvalue weighted by atomic mass is 10.1. The van der Waals surface area contributed by atoms with Crippen molar-refractivity contribution in [3.63, 3.8) is 0 Å². The Morgan fingerprint density at radius 3 is 2.76 bits per heavy atom. The Morgan fingerprint density at radius 2 is 2.18 bits per heavy atom. The van der Waals surface area contributed by atoms with Crippen molar-refractivity contribution >= 4 is 29.1 Å². The van der Waals surface area contributed by atoms with Crippen LogP contribution in [0.2, 0.25) is 10.0 Å². The Bertz CT molecular complexity index is 468. The summed E-state index contributed by atoms with van der Waals surface area (Å²) in [5.74, 6) is -0.457. The van der Waals surface area contributed by atoms with Crippen LogP contribution in [0.25, 0.3) is 0 Å². The molecule has 1 aromatic rings. The summed E-state index contributed by atoms with van der Waals surface area (Å²) in [5, 5.41) is 9.29. The Kier molecular flexibility index (Phi) is 4.80. The molecular formula is C12H12Cl2N2O. The first-order valence-electron chi connectivity index (χ1n) is 5.06. The van der Waals surface area contributed by atoms with Gasteiger partial charge in [0.2, 0.25) is 0 Å². The van der Waals surface area contributed by atoms with Gasteiger partial charge in [0.15, 0.2) is 0 Å². The maximum atomic E-state index is 12.0. The molecule has 0 N–H and O–H groups in total. The van der Waals surface area contributed by atoms with Gasteiger partial charge in [0.05, 0.1) is 27.6 Å². The second-order valence-electron chi connectivity index (χ2n) is 3.82. The second kappa shape index (κ2) is 5.90. The van der Waals surface area contributed by atoms with Crippen LogP contribution in [-0.2, 0) is 0 Å². The third-order valence-corrected chi connectivity index (χ3v) is 3.12. The van der Waals surface area contributed by atoms with Crippen molar-refractivity contribution in [3.05, 3.63) is 33.8 Å². The molecule has 0 aromatic heterocycles. The van der Waals surface area contributed by atoms with E-state index in [1.54, 1.807) is 32.2 Å². The van der Waals surface area contributed by atoms with Gasteiger partial charge in [0.1, 0.15) is 0 Å². The maximum absolute atomic E-state index is 12.0. The average Bonchev–Trinajstić information content (AvgIpc) is 2.31. The van der Waals surface area contributed by atoms with E-state index in [-0.39, 0.29) is 16.8 Å². The molecule has 0 aliphatic heterocycles. The monoisotopic (exact) mass is 270 g/mol. The van der Waals surface area contributed by atoms with Crippen LogP contribution in [0, 0.1) is 17.2 Å². The van der Waals surface area contributed by atoms with Crippen molar-refractivity contribution in [2.75, 3.05) is 13.6 Å². The number of hydrogen-bond acceptors (Lipinski definition) is 2. The van der Waals surface area contributed by atoms with Gasteiger partial charge >= 0.3 is 0 Å². The normalized spacial score (nSPS) is 11.7. The highest BCUT2D eigenvalue weighted by Gasteiger charge is 2.18. The second-order valence-corrected chi connectivity index (χ2v) is 4.60. The molecule has 0 aliphatic carbocycles. The minimum atomic E-state index is -0.236. The summed E-state index contributed by atoms with van der Waals surface area (Å²) in [4.78, 5) is 13.5. The van der Waals surface area contributed by atoms with Gasteiger partial charge in [-0.05, 0) is 19.1 Å². The van der Waals surface area contributed by atoms with Crippen molar-refractivity contribution < 1.29 is 4.79 Å². The summed E-state index contributed by atoms with van der Waals surface area (Å²) in [6, 6.07) is 6.98. The highest BCUT2D eigenvalue weighted by atomic mass is 35.5. The van der Waals surface area contributed by atoms with Crippen LogP contribution in [0.3, 0.4) is 0 Å². The topological polar surface area (TPSA) is 44.1 Å². The van der Waals surface area contributed by atoms with E-state index in [2.05, 4.69) is 6.07 Å². The Hall–Kier alpha value is -1.24. The first kappa shape index (κ1) is 13.8. The number of nitriles is 1. The zero-order valence-corrected chi connectivity index (χ0v) is 11.1. The highest BCUT2D eigenvalue weighted by Crippen LogP contribution is 2.26. The van der Waals surface area contributed by atoms with E-state index < -0.39 is 0 Å². The Balaban J connectivity index is 2.90. The van der Waals surface area contributed by atoms with Crippen LogP contribution in [0.15, 0.2) is 18.2 Å². The zero-order valence-electron chi connectivity index (χ0n) is 9.58. The minimum Gasteiger partial charge on any atom is -0.340 e. The molecule has 0 spiro atoms. The van der Waals surface area contributed by atoms with Crippen molar-refractivity contribution in [2.24, 2.45) is 5.92 Å². The van der Waals surface area contributed by atoms with E-state index >= 15 is 0 Å². The van der Waals surface area contributed by atoms with Gasteiger partial charge < -0.3 is 4.90 Å². The molecule has 0 heterocycles. The van der Waals surface area contributed by atoms with E-state index in [0.29, 0.717) is 17.1 Å². The molecule has 0 saturated heterocycles. The molecule has 1 amide bonds. The molecule has 1 rings (SSSR count). The number of carbonyl (C=O) groups is 1. The summed E-state index contributed by atoms with van der Waals surface area (Å²) >= 11 is 11.8. The molecule has 90 valence electrons. The Labute approximate surface area is 111 Å². The molecule has 0 fully saturated rings. The van der Waals surface area contributed by atoms with Gasteiger partial charge in [-0.3, -0.25) is 4.79 Å². The van der Waals surface area contributed by atoms with E-state index in [0.717, 1.165) is 0 Å². The molecule has 1 aromatic carbocycles. The lowest BCUT2D eigenvalue weighted by molar-refractivity contribution is 0.0785. The molecular weight excluding hydrogens is 259 g/mol. The highest BCUT2D eigenvalue weighted by molar-refractivity contribution is 6.43. The van der Waals surface area contributed by atoms with Crippen molar-refractivity contribution in [1.29, 1.82) is 5.26 Å². The van der Waals surface area contributed by atoms with Crippen LogP contribution in [-0.4, -0.2) is 24.4 Å². The minimum absolute atomic E-state index is 0.220. The summed E-state index contributed by atoms with van der Waals surface area (Å²) in [7, 11) is 1.63. The van der Waals surface area contributed by atoms with Crippen LogP contribution < -0.4 is 0 Å². The summed E-state index contributed by atoms with van der Waals surface area (Å²) in [5.41, 5.74) is 0.354. The Morgan fingerprint density at radius 1 is 1.53 bits per heavy atom. The third-order valence-electron chi connectivity index (χ3n) is 2.30. The van der Waals surface area contributed by atoms with Crippen LogP contribution in [0.1, 0.15) is 17.3 Å². The van der Waals surface area contributed by atoms with Crippen molar-refractivity contribution in [3.8, 4) is 6.07 Å². The fourth-order valence-corrected chi connectivity index (χ4v) is 1.79. The predicted octanol–water partition coefficient (Wildman–Crippen LogP) is 3.23. The molecule has 0 radical (unpaired) electrons. The lowest BCUT2D eigenvalue weighted by Crippen LogP contribution is -2.30. The number of hydrogen-bond donors (Lipinski definition) is 0. The molecule has 0 aliphatic rings. The fraction of sp³-hybridized carbons (Fsp3) is 0.333. The van der Waals surface area contributed by atoms with Crippen molar-refractivity contribution in [2.45, 2.75) is 6.92 Å². The largest absolute Gasteiger partial charge is 0.340 e. The lowest BCUT2D eigenvalue weighted by Gasteiger charge is -2.19. The van der Waals surface area contributed by atoms with Gasteiger partial charge in [0, 0.05) is 13.6 Å². The van der Waals surface area contributed by atoms with E-state index in [1.807, 2.05) is 0 Å². The fourth-order valence-electron chi connectivity index (χ4n) is 1.41. The van der Waals surface area contributed by atoms with Gasteiger partial charge in [-0.1, -0.05) is 29.3 Å². The number of nitrogens with zero attached hydrogens (tertiary/aromatic N) is 2. The number of carbonyl (C=O) groups excluding carboxylic acids is 1. The molecule has 0 bridgehead atoms. The van der Waals surface area contributed by atoms with Crippen LogP contribution >= 0.6 is 23.2 Å². The molecule has 1 unspecified atom stereocenters. The number of rotatable bonds is 3. The van der Waals surface area contributed by atoms with E-state index in [9.17, 15) is 4.79 Å². The summed E-state index contributed by atoms with van der Waals surface area (Å²) < 4.78 is 0. The standard InChI is InChI=1S/C12H12Cl2N2O/c1-8(6-15)7-16(2)12(17)9-4-3-5-10(13)11(9)14/h3-5,8H,7H2,1-2H3. The molecule has 0 saturated carbocycles. The molecule has 3 nitrogen and oxygen atoms in total. The molecule has 1 atom stereocenters. The van der Waals surface area contributed by atoms with Gasteiger partial charge in [0.25, 0.3) is 5.91 Å². The van der Waals surface area contributed by atoms with Gasteiger partial charge in [-0.25, -0.2) is 0 Å². The van der Waals surface area contributed by atoms with Gasteiger partial charge in [-0.2, -0.15) is 5.26 Å². The van der Waals surface area contributed by atoms with Crippen molar-refractivity contribution in [1.82, 2.24) is 4.90 Å².